The number of tetrazole rings is 1. The molecule has 1 aromatic carbocycles. The van der Waals surface area contributed by atoms with Crippen LogP contribution in [-0.4, -0.2) is 33.8 Å². The molecule has 0 saturated carbocycles. The van der Waals surface area contributed by atoms with Crippen molar-refractivity contribution in [2.24, 2.45) is 7.05 Å². The van der Waals surface area contributed by atoms with E-state index in [1.807, 2.05) is 7.05 Å². The van der Waals surface area contributed by atoms with Gasteiger partial charge < -0.3 is 10.2 Å². The number of rotatable bonds is 3. The lowest BCUT2D eigenvalue weighted by Gasteiger charge is -2.34. The molecule has 2 heterocycles. The number of nitrogens with one attached hydrogen (secondary N) is 1. The highest BCUT2D eigenvalue weighted by atomic mass is 15.6. The van der Waals surface area contributed by atoms with Gasteiger partial charge in [-0.3, -0.25) is 0 Å². The van der Waals surface area contributed by atoms with Crippen molar-refractivity contribution in [3.8, 4) is 0 Å². The minimum Gasteiger partial charge on any atom is -0.363 e. The summed E-state index contributed by atoms with van der Waals surface area (Å²) in [5, 5.41) is 15.6. The van der Waals surface area contributed by atoms with Gasteiger partial charge in [0.15, 0.2) is 5.82 Å². The lowest BCUT2D eigenvalue weighted by molar-refractivity contribution is 0.513. The van der Waals surface area contributed by atoms with Crippen LogP contribution in [0.3, 0.4) is 0 Å². The number of aromatic nitrogens is 4. The summed E-state index contributed by atoms with van der Waals surface area (Å²) in [7, 11) is 3.80. The number of para-hydroxylation sites is 1. The predicted molar refractivity (Wildman–Crippen MR) is 72.7 cm³/mol. The Morgan fingerprint density at radius 3 is 2.95 bits per heavy atom. The van der Waals surface area contributed by atoms with Crippen molar-refractivity contribution in [3.05, 3.63) is 35.7 Å². The number of hydrogen-bond donors (Lipinski definition) is 1. The maximum absolute atomic E-state index is 4.25. The van der Waals surface area contributed by atoms with Crippen molar-refractivity contribution in [1.29, 1.82) is 0 Å². The number of benzene rings is 1. The van der Waals surface area contributed by atoms with Crippen LogP contribution in [0.2, 0.25) is 0 Å². The third-order valence-corrected chi connectivity index (χ3v) is 3.57. The van der Waals surface area contributed by atoms with E-state index >= 15 is 0 Å². The first kappa shape index (κ1) is 12.1. The fraction of sp³-hybridized carbons (Fsp3) is 0.462. The Hall–Kier alpha value is -1.95. The maximum Gasteiger partial charge on any atom is 0.193 e. The van der Waals surface area contributed by atoms with Gasteiger partial charge in [0.05, 0.1) is 13.6 Å². The van der Waals surface area contributed by atoms with Gasteiger partial charge in [-0.05, 0) is 30.3 Å². The van der Waals surface area contributed by atoms with Gasteiger partial charge in [0.25, 0.3) is 0 Å². The monoisotopic (exact) mass is 258 g/mol. The normalized spacial score (nSPS) is 18.4. The number of anilines is 1. The molecule has 1 unspecified atom stereocenters. The van der Waals surface area contributed by atoms with Crippen molar-refractivity contribution >= 4 is 5.69 Å². The van der Waals surface area contributed by atoms with Gasteiger partial charge in [-0.15, -0.1) is 10.2 Å². The summed E-state index contributed by atoms with van der Waals surface area (Å²) in [4.78, 5) is 3.82. The Balaban J connectivity index is 1.87. The zero-order chi connectivity index (χ0) is 13.2. The fourth-order valence-electron chi connectivity index (χ4n) is 2.65. The summed E-state index contributed by atoms with van der Waals surface area (Å²) in [6.07, 6.45) is 1.09. The molecule has 3 rings (SSSR count). The summed E-state index contributed by atoms with van der Waals surface area (Å²) in [6.45, 7) is 1.71. The minimum absolute atomic E-state index is 0.433. The average molecular weight is 258 g/mol. The molecule has 1 N–H and O–H groups in total. The molecule has 1 aliphatic heterocycles. The molecule has 6 nitrogen and oxygen atoms in total. The molecule has 1 aliphatic rings. The summed E-state index contributed by atoms with van der Waals surface area (Å²) in [5.74, 6) is 0.764. The van der Waals surface area contributed by atoms with Crippen molar-refractivity contribution in [2.45, 2.75) is 19.0 Å². The largest absolute Gasteiger partial charge is 0.363 e. The van der Waals surface area contributed by atoms with E-state index in [0.717, 1.165) is 18.8 Å². The second-order valence-electron chi connectivity index (χ2n) is 4.81. The van der Waals surface area contributed by atoms with E-state index in [1.54, 1.807) is 7.05 Å². The molecule has 1 aromatic heterocycles. The first-order chi connectivity index (χ1) is 9.28. The van der Waals surface area contributed by atoms with Gasteiger partial charge in [-0.1, -0.05) is 18.2 Å². The van der Waals surface area contributed by atoms with Gasteiger partial charge in [0.1, 0.15) is 0 Å². The average Bonchev–Trinajstić information content (AvgIpc) is 2.85. The van der Waals surface area contributed by atoms with Crippen molar-refractivity contribution in [1.82, 2.24) is 25.5 Å². The van der Waals surface area contributed by atoms with Crippen LogP contribution in [0.1, 0.15) is 23.9 Å². The standard InChI is InChI=1S/C13H18N6/c1-14-11-7-8-19(9-13-15-17-18(2)16-13)12-6-4-3-5-10(11)12/h3-6,11,14H,7-9H2,1-2H3. The molecule has 1 atom stereocenters. The van der Waals surface area contributed by atoms with Gasteiger partial charge in [-0.2, -0.15) is 4.80 Å². The highest BCUT2D eigenvalue weighted by Gasteiger charge is 2.24. The van der Waals surface area contributed by atoms with E-state index in [1.165, 1.54) is 16.0 Å². The number of fused-ring (bicyclic) bond motifs is 1. The Kier molecular flexibility index (Phi) is 3.16. The highest BCUT2D eigenvalue weighted by Crippen LogP contribution is 2.33. The molecule has 0 bridgehead atoms. The number of hydrogen-bond acceptors (Lipinski definition) is 5. The molecule has 2 aromatic rings. The van der Waals surface area contributed by atoms with Crippen LogP contribution in [0.4, 0.5) is 5.69 Å². The Bertz CT molecular complexity index is 564. The Labute approximate surface area is 112 Å². The molecule has 6 heteroatoms. The van der Waals surface area contributed by atoms with Crippen LogP contribution in [0.5, 0.6) is 0 Å². The van der Waals surface area contributed by atoms with Gasteiger partial charge in [-0.25, -0.2) is 0 Å². The molecule has 0 amide bonds. The van der Waals surface area contributed by atoms with Crippen LogP contribution < -0.4 is 10.2 Å². The molecular weight excluding hydrogens is 240 g/mol. The second-order valence-corrected chi connectivity index (χ2v) is 4.81. The van der Waals surface area contributed by atoms with E-state index < -0.39 is 0 Å². The van der Waals surface area contributed by atoms with E-state index in [9.17, 15) is 0 Å². The minimum atomic E-state index is 0.433. The van der Waals surface area contributed by atoms with E-state index in [4.69, 9.17) is 0 Å². The molecular formula is C13H18N6. The highest BCUT2D eigenvalue weighted by molar-refractivity contribution is 5.56. The molecule has 0 saturated heterocycles. The van der Waals surface area contributed by atoms with Gasteiger partial charge >= 0.3 is 0 Å². The number of nitrogens with zero attached hydrogens (tertiary/aromatic N) is 5. The predicted octanol–water partition coefficient (Wildman–Crippen LogP) is 0.881. The second kappa shape index (κ2) is 4.97. The van der Waals surface area contributed by atoms with Gasteiger partial charge in [0.2, 0.25) is 0 Å². The zero-order valence-electron chi connectivity index (χ0n) is 11.2. The van der Waals surface area contributed by atoms with E-state index in [-0.39, 0.29) is 0 Å². The number of aryl methyl sites for hydroxylation is 1. The molecule has 19 heavy (non-hydrogen) atoms. The van der Waals surface area contributed by atoms with E-state index in [0.29, 0.717) is 12.6 Å². The summed E-state index contributed by atoms with van der Waals surface area (Å²) in [5.41, 5.74) is 2.61. The summed E-state index contributed by atoms with van der Waals surface area (Å²) in [6, 6.07) is 8.95. The zero-order valence-corrected chi connectivity index (χ0v) is 11.2. The van der Waals surface area contributed by atoms with Gasteiger partial charge in [0, 0.05) is 18.3 Å². The van der Waals surface area contributed by atoms with Crippen molar-refractivity contribution in [3.63, 3.8) is 0 Å². The van der Waals surface area contributed by atoms with Crippen LogP contribution in [-0.2, 0) is 13.6 Å². The molecule has 0 radical (unpaired) electrons. The quantitative estimate of drug-likeness (QED) is 0.885. The molecule has 0 spiro atoms. The first-order valence-corrected chi connectivity index (χ1v) is 6.52. The van der Waals surface area contributed by atoms with Crippen LogP contribution in [0, 0.1) is 0 Å². The summed E-state index contributed by atoms with van der Waals surface area (Å²) >= 11 is 0. The third kappa shape index (κ3) is 2.31. The Morgan fingerprint density at radius 1 is 1.37 bits per heavy atom. The maximum atomic E-state index is 4.25. The Morgan fingerprint density at radius 2 is 2.21 bits per heavy atom. The topological polar surface area (TPSA) is 58.9 Å². The lowest BCUT2D eigenvalue weighted by Crippen LogP contribution is -2.34. The van der Waals surface area contributed by atoms with Crippen molar-refractivity contribution in [2.75, 3.05) is 18.5 Å². The molecule has 0 fully saturated rings. The van der Waals surface area contributed by atoms with E-state index in [2.05, 4.69) is 49.9 Å². The lowest BCUT2D eigenvalue weighted by atomic mass is 9.96. The molecule has 100 valence electrons. The molecule has 0 aliphatic carbocycles. The fourth-order valence-corrected chi connectivity index (χ4v) is 2.65. The SMILES string of the molecule is CNC1CCN(Cc2nnn(C)n2)c2ccccc21. The van der Waals surface area contributed by atoms with Crippen LogP contribution >= 0.6 is 0 Å². The van der Waals surface area contributed by atoms with Crippen LogP contribution in [0.15, 0.2) is 24.3 Å². The summed E-state index contributed by atoms with van der Waals surface area (Å²) < 4.78 is 0. The third-order valence-electron chi connectivity index (χ3n) is 3.57. The van der Waals surface area contributed by atoms with Crippen LogP contribution in [0.25, 0.3) is 0 Å². The smallest absolute Gasteiger partial charge is 0.193 e. The first-order valence-electron chi connectivity index (χ1n) is 6.52. The van der Waals surface area contributed by atoms with Crippen molar-refractivity contribution < 1.29 is 0 Å².